The van der Waals surface area contributed by atoms with Crippen LogP contribution in [0.5, 0.6) is 0 Å². The fourth-order valence-electron chi connectivity index (χ4n) is 2.89. The lowest BCUT2D eigenvalue weighted by atomic mass is 10.0. The lowest BCUT2D eigenvalue weighted by Gasteiger charge is -2.31. The third-order valence-corrected chi connectivity index (χ3v) is 4.22. The molecule has 0 amide bonds. The molecule has 0 saturated carbocycles. The second-order valence-corrected chi connectivity index (χ2v) is 5.88. The Bertz CT molecular complexity index is 382. The number of rotatable bonds is 6. The van der Waals surface area contributed by atoms with Crippen molar-refractivity contribution in [2.24, 2.45) is 0 Å². The van der Waals surface area contributed by atoms with Crippen molar-refractivity contribution in [1.82, 2.24) is 10.2 Å². The molecule has 112 valence electrons. The van der Waals surface area contributed by atoms with Crippen molar-refractivity contribution in [1.29, 1.82) is 0 Å². The van der Waals surface area contributed by atoms with Crippen LogP contribution in [0.1, 0.15) is 43.4 Å². The third kappa shape index (κ3) is 4.58. The van der Waals surface area contributed by atoms with Crippen LogP contribution in [0.4, 0.5) is 0 Å². The molecule has 3 heteroatoms. The van der Waals surface area contributed by atoms with Gasteiger partial charge in [-0.25, -0.2) is 0 Å². The maximum atomic E-state index is 9.55. The number of aryl methyl sites for hydroxylation is 1. The first-order chi connectivity index (χ1) is 9.69. The lowest BCUT2D eigenvalue weighted by Crippen LogP contribution is -2.37. The highest BCUT2D eigenvalue weighted by Crippen LogP contribution is 2.19. The van der Waals surface area contributed by atoms with E-state index < -0.39 is 0 Å². The van der Waals surface area contributed by atoms with Gasteiger partial charge in [0.25, 0.3) is 0 Å². The Morgan fingerprint density at radius 3 is 2.50 bits per heavy atom. The highest BCUT2D eigenvalue weighted by molar-refractivity contribution is 5.24. The average molecular weight is 276 g/mol. The summed E-state index contributed by atoms with van der Waals surface area (Å²) in [5, 5.41) is 13.1. The Hall–Kier alpha value is -0.900. The van der Waals surface area contributed by atoms with Crippen LogP contribution in [0.3, 0.4) is 0 Å². The zero-order valence-electron chi connectivity index (χ0n) is 12.8. The standard InChI is InChI=1S/C17H28N2O/c1-3-18-17(15-6-4-14(2)5-7-15)10-13-19-11-8-16(20)9-12-19/h4-7,16-18,20H,3,8-13H2,1-2H3. The van der Waals surface area contributed by atoms with Crippen LogP contribution < -0.4 is 5.32 Å². The molecule has 1 aliphatic heterocycles. The molecule has 3 nitrogen and oxygen atoms in total. The van der Waals surface area contributed by atoms with Crippen LogP contribution in [-0.4, -0.2) is 42.3 Å². The summed E-state index contributed by atoms with van der Waals surface area (Å²) in [5.74, 6) is 0. The summed E-state index contributed by atoms with van der Waals surface area (Å²) in [5.41, 5.74) is 2.70. The molecule has 1 fully saturated rings. The van der Waals surface area contributed by atoms with Crippen molar-refractivity contribution in [3.05, 3.63) is 35.4 Å². The summed E-state index contributed by atoms with van der Waals surface area (Å²) in [6.07, 6.45) is 2.91. The maximum absolute atomic E-state index is 9.55. The van der Waals surface area contributed by atoms with Crippen molar-refractivity contribution in [2.45, 2.75) is 45.3 Å². The molecule has 1 saturated heterocycles. The molecule has 20 heavy (non-hydrogen) atoms. The van der Waals surface area contributed by atoms with Gasteiger partial charge in [-0.3, -0.25) is 0 Å². The van der Waals surface area contributed by atoms with Gasteiger partial charge < -0.3 is 15.3 Å². The topological polar surface area (TPSA) is 35.5 Å². The van der Waals surface area contributed by atoms with Gasteiger partial charge in [0.1, 0.15) is 0 Å². The Balaban J connectivity index is 1.87. The van der Waals surface area contributed by atoms with Crippen molar-refractivity contribution in [3.63, 3.8) is 0 Å². The van der Waals surface area contributed by atoms with Gasteiger partial charge in [0.2, 0.25) is 0 Å². The van der Waals surface area contributed by atoms with Gasteiger partial charge in [-0.15, -0.1) is 0 Å². The number of nitrogens with zero attached hydrogens (tertiary/aromatic N) is 1. The molecule has 0 aromatic heterocycles. The monoisotopic (exact) mass is 276 g/mol. The Kier molecular flexibility index (Phi) is 6.02. The Labute approximate surface area is 123 Å². The van der Waals surface area contributed by atoms with E-state index in [1.807, 2.05) is 0 Å². The number of aliphatic hydroxyl groups is 1. The summed E-state index contributed by atoms with van der Waals surface area (Å²) in [6.45, 7) is 8.47. The molecule has 0 spiro atoms. The zero-order chi connectivity index (χ0) is 14.4. The molecular weight excluding hydrogens is 248 g/mol. The van der Waals surface area contributed by atoms with E-state index in [4.69, 9.17) is 0 Å². The molecule has 0 aliphatic carbocycles. The molecule has 0 bridgehead atoms. The SMILES string of the molecule is CCNC(CCN1CCC(O)CC1)c1ccc(C)cc1. The molecule has 1 aromatic carbocycles. The number of nitrogens with one attached hydrogen (secondary N) is 1. The molecule has 1 aromatic rings. The van der Waals surface area contributed by atoms with Crippen LogP contribution in [0.25, 0.3) is 0 Å². The first-order valence-corrected chi connectivity index (χ1v) is 7.89. The summed E-state index contributed by atoms with van der Waals surface area (Å²) in [4.78, 5) is 2.48. The van der Waals surface area contributed by atoms with Gasteiger partial charge in [0, 0.05) is 19.1 Å². The van der Waals surface area contributed by atoms with Gasteiger partial charge in [-0.1, -0.05) is 36.8 Å². The third-order valence-electron chi connectivity index (χ3n) is 4.22. The van der Waals surface area contributed by atoms with E-state index in [-0.39, 0.29) is 6.10 Å². The number of aliphatic hydroxyl groups excluding tert-OH is 1. The molecule has 2 N–H and O–H groups in total. The van der Waals surface area contributed by atoms with E-state index in [0.29, 0.717) is 6.04 Å². The maximum Gasteiger partial charge on any atom is 0.0564 e. The van der Waals surface area contributed by atoms with Gasteiger partial charge in [0.15, 0.2) is 0 Å². The minimum Gasteiger partial charge on any atom is -0.393 e. The van der Waals surface area contributed by atoms with E-state index in [1.165, 1.54) is 11.1 Å². The predicted octanol–water partition coefficient (Wildman–Crippen LogP) is 2.49. The van der Waals surface area contributed by atoms with Crippen LogP contribution in [-0.2, 0) is 0 Å². The average Bonchev–Trinajstić information content (AvgIpc) is 2.46. The Morgan fingerprint density at radius 2 is 1.90 bits per heavy atom. The number of hydrogen-bond donors (Lipinski definition) is 2. The van der Waals surface area contributed by atoms with Crippen molar-refractivity contribution in [3.8, 4) is 0 Å². The first kappa shape index (κ1) is 15.5. The van der Waals surface area contributed by atoms with Gasteiger partial charge in [0.05, 0.1) is 6.10 Å². The molecule has 1 atom stereocenters. The minimum absolute atomic E-state index is 0.0760. The van der Waals surface area contributed by atoms with Gasteiger partial charge >= 0.3 is 0 Å². The smallest absolute Gasteiger partial charge is 0.0564 e. The summed E-state index contributed by atoms with van der Waals surface area (Å²) >= 11 is 0. The first-order valence-electron chi connectivity index (χ1n) is 7.89. The zero-order valence-corrected chi connectivity index (χ0v) is 12.8. The van der Waals surface area contributed by atoms with E-state index in [2.05, 4.69) is 48.3 Å². The highest BCUT2D eigenvalue weighted by atomic mass is 16.3. The number of likely N-dealkylation sites (tertiary alicyclic amines) is 1. The lowest BCUT2D eigenvalue weighted by molar-refractivity contribution is 0.0806. The fourth-order valence-corrected chi connectivity index (χ4v) is 2.89. The normalized spacial score (nSPS) is 19.1. The summed E-state index contributed by atoms with van der Waals surface area (Å²) < 4.78 is 0. The molecule has 0 radical (unpaired) electrons. The second-order valence-electron chi connectivity index (χ2n) is 5.88. The quantitative estimate of drug-likeness (QED) is 0.838. The molecule has 2 rings (SSSR count). The van der Waals surface area contributed by atoms with E-state index >= 15 is 0 Å². The van der Waals surface area contributed by atoms with E-state index in [9.17, 15) is 5.11 Å². The van der Waals surface area contributed by atoms with Crippen molar-refractivity contribution < 1.29 is 5.11 Å². The van der Waals surface area contributed by atoms with E-state index in [0.717, 1.165) is 45.4 Å². The molecule has 1 unspecified atom stereocenters. The van der Waals surface area contributed by atoms with Crippen LogP contribution in [0, 0.1) is 6.92 Å². The predicted molar refractivity (Wildman–Crippen MR) is 83.9 cm³/mol. The largest absolute Gasteiger partial charge is 0.393 e. The number of benzene rings is 1. The van der Waals surface area contributed by atoms with Gasteiger partial charge in [-0.05, 0) is 44.8 Å². The Morgan fingerprint density at radius 1 is 1.25 bits per heavy atom. The van der Waals surface area contributed by atoms with Crippen molar-refractivity contribution >= 4 is 0 Å². The molecule has 1 aliphatic rings. The molecule has 1 heterocycles. The van der Waals surface area contributed by atoms with Gasteiger partial charge in [-0.2, -0.15) is 0 Å². The summed E-state index contributed by atoms with van der Waals surface area (Å²) in [6, 6.07) is 9.30. The molecular formula is C17H28N2O. The van der Waals surface area contributed by atoms with Crippen LogP contribution >= 0.6 is 0 Å². The van der Waals surface area contributed by atoms with E-state index in [1.54, 1.807) is 0 Å². The van der Waals surface area contributed by atoms with Crippen LogP contribution in [0.15, 0.2) is 24.3 Å². The van der Waals surface area contributed by atoms with Crippen molar-refractivity contribution in [2.75, 3.05) is 26.2 Å². The van der Waals surface area contributed by atoms with Crippen LogP contribution in [0.2, 0.25) is 0 Å². The second kappa shape index (κ2) is 7.77. The fraction of sp³-hybridized carbons (Fsp3) is 0.647. The minimum atomic E-state index is -0.0760. The number of hydrogen-bond acceptors (Lipinski definition) is 3. The summed E-state index contributed by atoms with van der Waals surface area (Å²) in [7, 11) is 0. The number of piperidine rings is 1. The highest BCUT2D eigenvalue weighted by Gasteiger charge is 2.18.